The van der Waals surface area contributed by atoms with Gasteiger partial charge in [0.25, 0.3) is 0 Å². The van der Waals surface area contributed by atoms with Crippen LogP contribution in [-0.2, 0) is 16.1 Å². The first-order valence-electron chi connectivity index (χ1n) is 5.83. The predicted molar refractivity (Wildman–Crippen MR) is 70.6 cm³/mol. The highest BCUT2D eigenvalue weighted by molar-refractivity contribution is 5.80. The van der Waals surface area contributed by atoms with Crippen LogP contribution >= 0.6 is 0 Å². The minimum absolute atomic E-state index is 0.103. The van der Waals surface area contributed by atoms with Gasteiger partial charge in [-0.1, -0.05) is 35.9 Å². The van der Waals surface area contributed by atoms with Crippen molar-refractivity contribution >= 4 is 12.1 Å². The van der Waals surface area contributed by atoms with E-state index in [0.29, 0.717) is 5.57 Å². The summed E-state index contributed by atoms with van der Waals surface area (Å²) in [6.07, 6.45) is -0.576. The van der Waals surface area contributed by atoms with Gasteiger partial charge in [0.2, 0.25) is 0 Å². The Morgan fingerprint density at radius 2 is 2.00 bits per heavy atom. The number of hydrogen-bond acceptors (Lipinski definition) is 3. The SMILES string of the molecule is C=C(C)C[C@@H](NC(=O)OCc1ccccc1)C(=O)O. The number of rotatable bonds is 6. The van der Waals surface area contributed by atoms with E-state index < -0.39 is 18.1 Å². The zero-order valence-electron chi connectivity index (χ0n) is 10.8. The third-order valence-corrected chi connectivity index (χ3v) is 2.36. The third-order valence-electron chi connectivity index (χ3n) is 2.36. The Labute approximate surface area is 111 Å². The number of benzene rings is 1. The lowest BCUT2D eigenvalue weighted by atomic mass is 10.1. The highest BCUT2D eigenvalue weighted by Crippen LogP contribution is 2.04. The van der Waals surface area contributed by atoms with Gasteiger partial charge in [-0.25, -0.2) is 9.59 Å². The number of carboxylic acid groups (broad SMARTS) is 1. The monoisotopic (exact) mass is 263 g/mol. The molecule has 0 fully saturated rings. The van der Waals surface area contributed by atoms with Crippen LogP contribution in [0.15, 0.2) is 42.5 Å². The van der Waals surface area contributed by atoms with Crippen LogP contribution in [0.3, 0.4) is 0 Å². The van der Waals surface area contributed by atoms with Gasteiger partial charge < -0.3 is 15.2 Å². The minimum Gasteiger partial charge on any atom is -0.480 e. The van der Waals surface area contributed by atoms with Crippen molar-refractivity contribution in [3.8, 4) is 0 Å². The molecule has 1 aromatic rings. The number of hydrogen-bond donors (Lipinski definition) is 2. The van der Waals surface area contributed by atoms with Crippen LogP contribution in [0.1, 0.15) is 18.9 Å². The molecule has 19 heavy (non-hydrogen) atoms. The van der Waals surface area contributed by atoms with Crippen molar-refractivity contribution in [3.63, 3.8) is 0 Å². The van der Waals surface area contributed by atoms with E-state index in [1.54, 1.807) is 6.92 Å². The van der Waals surface area contributed by atoms with Crippen LogP contribution in [0.5, 0.6) is 0 Å². The second-order valence-electron chi connectivity index (χ2n) is 4.26. The summed E-state index contributed by atoms with van der Waals surface area (Å²) >= 11 is 0. The highest BCUT2D eigenvalue weighted by Gasteiger charge is 2.20. The molecular weight excluding hydrogens is 246 g/mol. The molecule has 0 aromatic heterocycles. The van der Waals surface area contributed by atoms with Gasteiger partial charge >= 0.3 is 12.1 Å². The Kier molecular flexibility index (Phi) is 5.60. The van der Waals surface area contributed by atoms with Crippen LogP contribution < -0.4 is 5.32 Å². The Morgan fingerprint density at radius 3 is 2.53 bits per heavy atom. The topological polar surface area (TPSA) is 75.6 Å². The molecule has 0 saturated heterocycles. The first-order chi connectivity index (χ1) is 8.99. The number of aliphatic carboxylic acids is 1. The van der Waals surface area contributed by atoms with Gasteiger partial charge in [0.1, 0.15) is 12.6 Å². The molecule has 0 bridgehead atoms. The second-order valence-corrected chi connectivity index (χ2v) is 4.26. The fourth-order valence-corrected chi connectivity index (χ4v) is 1.46. The normalized spacial score (nSPS) is 11.4. The molecule has 0 unspecified atom stereocenters. The molecule has 102 valence electrons. The molecular formula is C14H17NO4. The van der Waals surface area contributed by atoms with Crippen molar-refractivity contribution in [2.75, 3.05) is 0 Å². The summed E-state index contributed by atoms with van der Waals surface area (Å²) in [5.74, 6) is -1.11. The third kappa shape index (κ3) is 5.72. The molecule has 0 aliphatic carbocycles. The number of ether oxygens (including phenoxy) is 1. The number of nitrogens with one attached hydrogen (secondary N) is 1. The minimum atomic E-state index is -1.11. The fourth-order valence-electron chi connectivity index (χ4n) is 1.46. The van der Waals surface area contributed by atoms with Gasteiger partial charge in [0, 0.05) is 0 Å². The quantitative estimate of drug-likeness (QED) is 0.772. The second kappa shape index (κ2) is 7.20. The lowest BCUT2D eigenvalue weighted by Crippen LogP contribution is -2.41. The van der Waals surface area contributed by atoms with E-state index in [0.717, 1.165) is 5.56 Å². The highest BCUT2D eigenvalue weighted by atomic mass is 16.5. The summed E-state index contributed by atoms with van der Waals surface area (Å²) in [5, 5.41) is 11.2. The van der Waals surface area contributed by atoms with Gasteiger partial charge in [-0.3, -0.25) is 0 Å². The lowest BCUT2D eigenvalue weighted by molar-refractivity contribution is -0.139. The maximum absolute atomic E-state index is 11.5. The summed E-state index contributed by atoms with van der Waals surface area (Å²) in [6, 6.07) is 8.14. The Morgan fingerprint density at radius 1 is 1.37 bits per heavy atom. The number of carbonyl (C=O) groups is 2. The molecule has 0 spiro atoms. The Hall–Kier alpha value is -2.30. The molecule has 1 atom stereocenters. The van der Waals surface area contributed by atoms with E-state index in [1.165, 1.54) is 0 Å². The molecule has 0 aliphatic rings. The first-order valence-corrected chi connectivity index (χ1v) is 5.83. The Bertz CT molecular complexity index is 456. The van der Waals surface area contributed by atoms with E-state index >= 15 is 0 Å². The van der Waals surface area contributed by atoms with Crippen LogP contribution in [0.25, 0.3) is 0 Å². The van der Waals surface area contributed by atoms with Gasteiger partial charge in [-0.2, -0.15) is 0 Å². The number of carbonyl (C=O) groups excluding carboxylic acids is 1. The van der Waals surface area contributed by atoms with Gasteiger partial charge in [-0.15, -0.1) is 6.58 Å². The maximum Gasteiger partial charge on any atom is 0.408 e. The van der Waals surface area contributed by atoms with Crippen molar-refractivity contribution < 1.29 is 19.4 Å². The van der Waals surface area contributed by atoms with Crippen molar-refractivity contribution in [1.29, 1.82) is 0 Å². The summed E-state index contributed by atoms with van der Waals surface area (Å²) in [6.45, 7) is 5.43. The van der Waals surface area contributed by atoms with Crippen molar-refractivity contribution in [2.45, 2.75) is 26.0 Å². The molecule has 0 saturated carbocycles. The van der Waals surface area contributed by atoms with E-state index in [9.17, 15) is 9.59 Å². The van der Waals surface area contributed by atoms with Crippen molar-refractivity contribution in [3.05, 3.63) is 48.0 Å². The first kappa shape index (κ1) is 14.8. The zero-order chi connectivity index (χ0) is 14.3. The zero-order valence-corrected chi connectivity index (χ0v) is 10.8. The number of amides is 1. The summed E-state index contributed by atoms with van der Waals surface area (Å²) in [5.41, 5.74) is 1.51. The maximum atomic E-state index is 11.5. The molecule has 5 heteroatoms. The van der Waals surface area contributed by atoms with Crippen LogP contribution in [0.2, 0.25) is 0 Å². The molecule has 1 amide bonds. The van der Waals surface area contributed by atoms with Crippen LogP contribution in [0, 0.1) is 0 Å². The standard InChI is InChI=1S/C14H17NO4/c1-10(2)8-12(13(16)17)15-14(18)19-9-11-6-4-3-5-7-11/h3-7,12H,1,8-9H2,2H3,(H,15,18)(H,16,17)/t12-/m1/s1. The predicted octanol–water partition coefficient (Wildman–Crippen LogP) is 2.33. The Balaban J connectivity index is 2.45. The number of alkyl carbamates (subject to hydrolysis) is 1. The molecule has 2 N–H and O–H groups in total. The molecule has 1 rings (SSSR count). The lowest BCUT2D eigenvalue weighted by Gasteiger charge is -2.14. The average molecular weight is 263 g/mol. The summed E-state index contributed by atoms with van der Waals surface area (Å²) in [4.78, 5) is 22.4. The van der Waals surface area contributed by atoms with E-state index in [-0.39, 0.29) is 13.0 Å². The molecule has 5 nitrogen and oxygen atoms in total. The summed E-state index contributed by atoms with van der Waals surface area (Å²) < 4.78 is 4.95. The molecule has 0 radical (unpaired) electrons. The van der Waals surface area contributed by atoms with Gasteiger partial charge in [0.05, 0.1) is 0 Å². The smallest absolute Gasteiger partial charge is 0.408 e. The van der Waals surface area contributed by atoms with Gasteiger partial charge in [-0.05, 0) is 18.9 Å². The van der Waals surface area contributed by atoms with Crippen molar-refractivity contribution in [1.82, 2.24) is 5.32 Å². The largest absolute Gasteiger partial charge is 0.480 e. The van der Waals surface area contributed by atoms with Crippen LogP contribution in [-0.4, -0.2) is 23.2 Å². The van der Waals surface area contributed by atoms with Crippen LogP contribution in [0.4, 0.5) is 4.79 Å². The van der Waals surface area contributed by atoms with Gasteiger partial charge in [0.15, 0.2) is 0 Å². The fraction of sp³-hybridized carbons (Fsp3) is 0.286. The van der Waals surface area contributed by atoms with E-state index in [4.69, 9.17) is 9.84 Å². The molecule has 0 heterocycles. The van der Waals surface area contributed by atoms with Crippen molar-refractivity contribution in [2.24, 2.45) is 0 Å². The molecule has 0 aliphatic heterocycles. The van der Waals surface area contributed by atoms with E-state index in [1.807, 2.05) is 30.3 Å². The van der Waals surface area contributed by atoms with E-state index in [2.05, 4.69) is 11.9 Å². The molecule has 1 aromatic carbocycles. The number of carboxylic acids is 1. The summed E-state index contributed by atoms with van der Waals surface area (Å²) in [7, 11) is 0. The average Bonchev–Trinajstić information content (AvgIpc) is 2.36.